The van der Waals surface area contributed by atoms with E-state index in [9.17, 15) is 9.59 Å². The average molecular weight is 455 g/mol. The van der Waals surface area contributed by atoms with E-state index in [1.807, 2.05) is 30.9 Å². The summed E-state index contributed by atoms with van der Waals surface area (Å²) in [4.78, 5) is 31.7. The first-order valence-electron chi connectivity index (χ1n) is 12.1. The van der Waals surface area contributed by atoms with Crippen LogP contribution in [-0.4, -0.2) is 40.7 Å². The number of aryl methyl sites for hydroxylation is 1. The zero-order chi connectivity index (χ0) is 23.1. The van der Waals surface area contributed by atoms with Gasteiger partial charge in [0.15, 0.2) is 0 Å². The Balaban J connectivity index is 1.75. The number of amides is 2. The molecule has 0 saturated heterocycles. The van der Waals surface area contributed by atoms with Gasteiger partial charge in [-0.1, -0.05) is 56.9 Å². The smallest absolute Gasteiger partial charge is 0.243 e. The van der Waals surface area contributed by atoms with Crippen LogP contribution in [-0.2, 0) is 16.0 Å². The van der Waals surface area contributed by atoms with Gasteiger partial charge in [0.2, 0.25) is 11.8 Å². The van der Waals surface area contributed by atoms with Crippen LogP contribution in [0.25, 0.3) is 0 Å². The maximum Gasteiger partial charge on any atom is 0.243 e. The summed E-state index contributed by atoms with van der Waals surface area (Å²) in [5.74, 6) is 0.147. The monoisotopic (exact) mass is 454 g/mol. The highest BCUT2D eigenvalue weighted by molar-refractivity contribution is 7.10. The number of nitrogens with zero attached hydrogens (tertiary/aromatic N) is 2. The number of hydrogen-bond acceptors (Lipinski definition) is 3. The summed E-state index contributed by atoms with van der Waals surface area (Å²) in [6, 6.07) is 10.4. The van der Waals surface area contributed by atoms with Crippen molar-refractivity contribution in [3.8, 4) is 0 Å². The van der Waals surface area contributed by atoms with Crippen molar-refractivity contribution < 1.29 is 9.59 Å². The van der Waals surface area contributed by atoms with E-state index < -0.39 is 0 Å². The van der Waals surface area contributed by atoms with E-state index in [0.29, 0.717) is 13.0 Å². The van der Waals surface area contributed by atoms with Crippen LogP contribution in [0.5, 0.6) is 0 Å². The quantitative estimate of drug-likeness (QED) is 0.405. The molecule has 1 aliphatic heterocycles. The molecule has 0 aliphatic carbocycles. The minimum absolute atomic E-state index is 0.0144. The van der Waals surface area contributed by atoms with E-state index in [0.717, 1.165) is 19.3 Å². The lowest BCUT2D eigenvalue weighted by atomic mass is 9.90. The molecule has 32 heavy (non-hydrogen) atoms. The number of hydrogen-bond donors (Lipinski definition) is 0. The molecule has 174 valence electrons. The number of carbonyl (C=O) groups excluding carboxylic acids is 2. The highest BCUT2D eigenvalue weighted by Crippen LogP contribution is 2.39. The molecule has 0 saturated carbocycles. The second-order valence-corrected chi connectivity index (χ2v) is 10.2. The zero-order valence-electron chi connectivity index (χ0n) is 20.1. The Morgan fingerprint density at radius 2 is 1.84 bits per heavy atom. The van der Waals surface area contributed by atoms with E-state index in [4.69, 9.17) is 0 Å². The molecule has 1 unspecified atom stereocenters. The molecule has 0 spiro atoms. The van der Waals surface area contributed by atoms with E-state index in [1.54, 1.807) is 16.2 Å². The first-order valence-corrected chi connectivity index (χ1v) is 13.0. The standard InChI is InChI=1S/C27H38N2O2S/c1-5-6-7-8-9-14-25(30)29(20(2)3)19-26(31)28-17-15-24-23(16-18-32-24)27(28)22-13-11-10-12-21(22)4/h10-13,16,18,20,27H,5-9,14-15,17,19H2,1-4H3. The lowest BCUT2D eigenvalue weighted by Crippen LogP contribution is -2.48. The minimum atomic E-state index is -0.0724. The van der Waals surface area contributed by atoms with Gasteiger partial charge in [0.1, 0.15) is 6.54 Å². The topological polar surface area (TPSA) is 40.6 Å². The number of rotatable bonds is 10. The summed E-state index contributed by atoms with van der Waals surface area (Å²) in [5.41, 5.74) is 3.61. The summed E-state index contributed by atoms with van der Waals surface area (Å²) < 4.78 is 0. The second-order valence-electron chi connectivity index (χ2n) is 9.17. The fourth-order valence-electron chi connectivity index (χ4n) is 4.63. The SMILES string of the molecule is CCCCCCCC(=O)N(CC(=O)N1CCc2sccc2C1c1ccccc1C)C(C)C. The molecule has 0 N–H and O–H groups in total. The molecule has 1 aromatic carbocycles. The maximum atomic E-state index is 13.6. The molecule has 2 amide bonds. The zero-order valence-corrected chi connectivity index (χ0v) is 20.9. The molecule has 3 rings (SSSR count). The number of benzene rings is 1. The van der Waals surface area contributed by atoms with Gasteiger partial charge in [-0.05, 0) is 61.7 Å². The molecule has 0 fully saturated rings. The normalized spacial score (nSPS) is 15.7. The molecule has 1 aromatic heterocycles. The molecule has 5 heteroatoms. The third-order valence-corrected chi connectivity index (χ3v) is 7.51. The molecule has 2 aromatic rings. The summed E-state index contributed by atoms with van der Waals surface area (Å²) in [6.45, 7) is 9.18. The Morgan fingerprint density at radius 3 is 2.56 bits per heavy atom. The van der Waals surface area contributed by atoms with E-state index in [-0.39, 0.29) is 30.4 Å². The lowest BCUT2D eigenvalue weighted by molar-refractivity contribution is -0.143. The fraction of sp³-hybridized carbons (Fsp3) is 0.556. The van der Waals surface area contributed by atoms with Gasteiger partial charge < -0.3 is 9.80 Å². The summed E-state index contributed by atoms with van der Waals surface area (Å²) in [6.07, 6.45) is 7.01. The predicted octanol–water partition coefficient (Wildman–Crippen LogP) is 6.13. The van der Waals surface area contributed by atoms with E-state index in [2.05, 4.69) is 37.4 Å². The Bertz CT molecular complexity index is 905. The lowest BCUT2D eigenvalue weighted by Gasteiger charge is -2.38. The number of fused-ring (bicyclic) bond motifs is 1. The first-order chi connectivity index (χ1) is 15.4. The van der Waals surface area contributed by atoms with Crippen LogP contribution in [0.4, 0.5) is 0 Å². The van der Waals surface area contributed by atoms with Crippen LogP contribution in [0.15, 0.2) is 35.7 Å². The van der Waals surface area contributed by atoms with Gasteiger partial charge in [0.25, 0.3) is 0 Å². The largest absolute Gasteiger partial charge is 0.331 e. The molecule has 0 bridgehead atoms. The highest BCUT2D eigenvalue weighted by atomic mass is 32.1. The maximum absolute atomic E-state index is 13.6. The molecule has 2 heterocycles. The minimum Gasteiger partial charge on any atom is -0.331 e. The van der Waals surface area contributed by atoms with Gasteiger partial charge in [0.05, 0.1) is 6.04 Å². The van der Waals surface area contributed by atoms with Crippen molar-refractivity contribution in [3.63, 3.8) is 0 Å². The van der Waals surface area contributed by atoms with Gasteiger partial charge in [0, 0.05) is 23.9 Å². The van der Waals surface area contributed by atoms with Gasteiger partial charge in [-0.15, -0.1) is 11.3 Å². The highest BCUT2D eigenvalue weighted by Gasteiger charge is 2.34. The molecule has 1 atom stereocenters. The van der Waals surface area contributed by atoms with Crippen molar-refractivity contribution >= 4 is 23.2 Å². The Labute approximate surface area is 197 Å². The number of unbranched alkanes of at least 4 members (excludes halogenated alkanes) is 4. The third-order valence-electron chi connectivity index (χ3n) is 6.51. The third kappa shape index (κ3) is 5.80. The average Bonchev–Trinajstić information content (AvgIpc) is 3.25. The predicted molar refractivity (Wildman–Crippen MR) is 133 cm³/mol. The number of carbonyl (C=O) groups is 2. The summed E-state index contributed by atoms with van der Waals surface area (Å²) in [5, 5.41) is 2.13. The molecule has 0 radical (unpaired) electrons. The fourth-order valence-corrected chi connectivity index (χ4v) is 5.54. The van der Waals surface area contributed by atoms with Gasteiger partial charge >= 0.3 is 0 Å². The van der Waals surface area contributed by atoms with Crippen LogP contribution in [0, 0.1) is 6.92 Å². The van der Waals surface area contributed by atoms with Crippen LogP contribution >= 0.6 is 11.3 Å². The van der Waals surface area contributed by atoms with Gasteiger partial charge in [-0.2, -0.15) is 0 Å². The first kappa shape index (κ1) is 24.5. The van der Waals surface area contributed by atoms with Crippen LogP contribution in [0.3, 0.4) is 0 Å². The Morgan fingerprint density at radius 1 is 1.09 bits per heavy atom. The van der Waals surface area contributed by atoms with Crippen molar-refractivity contribution in [1.82, 2.24) is 9.80 Å². The number of thiophene rings is 1. The van der Waals surface area contributed by atoms with E-state index in [1.165, 1.54) is 40.8 Å². The van der Waals surface area contributed by atoms with E-state index >= 15 is 0 Å². The van der Waals surface area contributed by atoms with Crippen molar-refractivity contribution in [1.29, 1.82) is 0 Å². The van der Waals surface area contributed by atoms with Crippen molar-refractivity contribution in [2.45, 2.75) is 84.7 Å². The summed E-state index contributed by atoms with van der Waals surface area (Å²) >= 11 is 1.78. The van der Waals surface area contributed by atoms with Gasteiger partial charge in [-0.3, -0.25) is 9.59 Å². The van der Waals surface area contributed by atoms with Crippen molar-refractivity contribution in [2.24, 2.45) is 0 Å². The Hall–Kier alpha value is -2.14. The summed E-state index contributed by atoms with van der Waals surface area (Å²) in [7, 11) is 0. The van der Waals surface area contributed by atoms with Crippen molar-refractivity contribution in [2.75, 3.05) is 13.1 Å². The van der Waals surface area contributed by atoms with Gasteiger partial charge in [-0.25, -0.2) is 0 Å². The molecule has 4 nitrogen and oxygen atoms in total. The van der Waals surface area contributed by atoms with Crippen molar-refractivity contribution in [3.05, 3.63) is 57.3 Å². The van der Waals surface area contributed by atoms with Crippen LogP contribution < -0.4 is 0 Å². The molecular weight excluding hydrogens is 416 g/mol. The molecular formula is C27H38N2O2S. The Kier molecular flexibility index (Phi) is 8.92. The molecule has 1 aliphatic rings. The second kappa shape index (κ2) is 11.6. The van der Waals surface area contributed by atoms with Crippen LogP contribution in [0.1, 0.15) is 86.9 Å². The van der Waals surface area contributed by atoms with Crippen LogP contribution in [0.2, 0.25) is 0 Å².